The Morgan fingerprint density at radius 2 is 1.88 bits per heavy atom. The molecule has 0 aliphatic rings. The molecule has 0 spiro atoms. The van der Waals surface area contributed by atoms with Crippen LogP contribution < -0.4 is 0 Å². The second-order valence-electron chi connectivity index (χ2n) is 3.58. The SMILES string of the molecule is Clc1cccc2nnc(-c3cccc(I)c3)n12. The van der Waals surface area contributed by atoms with Crippen molar-refractivity contribution in [3.63, 3.8) is 0 Å². The Morgan fingerprint density at radius 1 is 1.06 bits per heavy atom. The normalized spacial score (nSPS) is 10.9. The van der Waals surface area contributed by atoms with Gasteiger partial charge in [-0.3, -0.25) is 4.40 Å². The van der Waals surface area contributed by atoms with Gasteiger partial charge in [0.05, 0.1) is 0 Å². The van der Waals surface area contributed by atoms with Gasteiger partial charge in [0.1, 0.15) is 5.15 Å². The van der Waals surface area contributed by atoms with Crippen LogP contribution in [0.5, 0.6) is 0 Å². The summed E-state index contributed by atoms with van der Waals surface area (Å²) in [5.41, 5.74) is 1.77. The lowest BCUT2D eigenvalue weighted by Gasteiger charge is -2.02. The molecular weight excluding hydrogens is 349 g/mol. The molecule has 5 heteroatoms. The fourth-order valence-corrected chi connectivity index (χ4v) is 2.50. The number of fused-ring (bicyclic) bond motifs is 1. The molecule has 0 saturated heterocycles. The van der Waals surface area contributed by atoms with E-state index in [0.29, 0.717) is 5.15 Å². The third kappa shape index (κ3) is 1.91. The fourth-order valence-electron chi connectivity index (χ4n) is 1.72. The van der Waals surface area contributed by atoms with Gasteiger partial charge in [-0.1, -0.05) is 29.8 Å². The Balaban J connectivity index is 2.31. The summed E-state index contributed by atoms with van der Waals surface area (Å²) in [6.45, 7) is 0. The van der Waals surface area contributed by atoms with Gasteiger partial charge in [0, 0.05) is 9.13 Å². The maximum atomic E-state index is 6.17. The van der Waals surface area contributed by atoms with Crippen LogP contribution in [-0.4, -0.2) is 14.6 Å². The molecule has 3 aromatic rings. The largest absolute Gasteiger partial charge is 0.265 e. The van der Waals surface area contributed by atoms with E-state index in [0.717, 1.165) is 20.6 Å². The van der Waals surface area contributed by atoms with E-state index in [-0.39, 0.29) is 0 Å². The monoisotopic (exact) mass is 355 g/mol. The summed E-state index contributed by atoms with van der Waals surface area (Å²) in [6.07, 6.45) is 0. The number of pyridine rings is 1. The van der Waals surface area contributed by atoms with Crippen molar-refractivity contribution in [3.8, 4) is 11.4 Å². The molecule has 0 amide bonds. The first kappa shape index (κ1) is 11.0. The maximum absolute atomic E-state index is 6.17. The summed E-state index contributed by atoms with van der Waals surface area (Å²) in [5.74, 6) is 0.768. The predicted octanol–water partition coefficient (Wildman–Crippen LogP) is 3.65. The summed E-state index contributed by atoms with van der Waals surface area (Å²) >= 11 is 8.45. The first-order valence-electron chi connectivity index (χ1n) is 5.01. The van der Waals surface area contributed by atoms with Crippen molar-refractivity contribution in [2.45, 2.75) is 0 Å². The third-order valence-corrected chi connectivity index (χ3v) is 3.43. The van der Waals surface area contributed by atoms with Crippen molar-refractivity contribution in [1.29, 1.82) is 0 Å². The van der Waals surface area contributed by atoms with Gasteiger partial charge in [0.25, 0.3) is 0 Å². The smallest absolute Gasteiger partial charge is 0.169 e. The van der Waals surface area contributed by atoms with Crippen LogP contribution in [0.3, 0.4) is 0 Å². The van der Waals surface area contributed by atoms with Crippen molar-refractivity contribution < 1.29 is 0 Å². The van der Waals surface area contributed by atoms with E-state index >= 15 is 0 Å². The van der Waals surface area contributed by atoms with Crippen LogP contribution in [0.1, 0.15) is 0 Å². The predicted molar refractivity (Wildman–Crippen MR) is 76.2 cm³/mol. The summed E-state index contributed by atoms with van der Waals surface area (Å²) in [6, 6.07) is 13.7. The molecule has 0 N–H and O–H groups in total. The van der Waals surface area contributed by atoms with Gasteiger partial charge < -0.3 is 0 Å². The summed E-state index contributed by atoms with van der Waals surface area (Å²) < 4.78 is 3.00. The molecule has 2 heterocycles. The zero-order valence-electron chi connectivity index (χ0n) is 8.64. The molecule has 84 valence electrons. The lowest BCUT2D eigenvalue weighted by molar-refractivity contribution is 1.11. The van der Waals surface area contributed by atoms with Crippen LogP contribution in [0.4, 0.5) is 0 Å². The van der Waals surface area contributed by atoms with E-state index in [2.05, 4.69) is 38.9 Å². The lowest BCUT2D eigenvalue weighted by atomic mass is 10.2. The number of hydrogen-bond acceptors (Lipinski definition) is 2. The Morgan fingerprint density at radius 3 is 2.71 bits per heavy atom. The highest BCUT2D eigenvalue weighted by atomic mass is 127. The van der Waals surface area contributed by atoms with Crippen LogP contribution in [0.15, 0.2) is 42.5 Å². The minimum Gasteiger partial charge on any atom is -0.265 e. The fraction of sp³-hybridized carbons (Fsp3) is 0. The van der Waals surface area contributed by atoms with Crippen LogP contribution in [0, 0.1) is 3.57 Å². The van der Waals surface area contributed by atoms with Crippen molar-refractivity contribution >= 4 is 39.8 Å². The molecule has 0 saturated carbocycles. The molecule has 0 unspecified atom stereocenters. The van der Waals surface area contributed by atoms with E-state index < -0.39 is 0 Å². The molecule has 0 fully saturated rings. The Kier molecular flexibility index (Phi) is 2.76. The van der Waals surface area contributed by atoms with Crippen molar-refractivity contribution in [3.05, 3.63) is 51.2 Å². The van der Waals surface area contributed by atoms with Gasteiger partial charge in [0.15, 0.2) is 11.5 Å². The molecule has 0 aliphatic heterocycles. The van der Waals surface area contributed by atoms with Crippen molar-refractivity contribution in [1.82, 2.24) is 14.6 Å². The average Bonchev–Trinajstić information content (AvgIpc) is 2.74. The van der Waals surface area contributed by atoms with E-state index in [1.165, 1.54) is 0 Å². The molecule has 3 rings (SSSR count). The van der Waals surface area contributed by atoms with Gasteiger partial charge in [-0.25, -0.2) is 0 Å². The van der Waals surface area contributed by atoms with Crippen molar-refractivity contribution in [2.75, 3.05) is 0 Å². The second kappa shape index (κ2) is 4.27. The minimum absolute atomic E-state index is 0.612. The van der Waals surface area contributed by atoms with E-state index in [9.17, 15) is 0 Å². The Labute approximate surface area is 117 Å². The van der Waals surface area contributed by atoms with Crippen LogP contribution in [0.2, 0.25) is 5.15 Å². The number of nitrogens with zero attached hydrogens (tertiary/aromatic N) is 3. The molecule has 3 nitrogen and oxygen atoms in total. The molecule has 0 bridgehead atoms. The highest BCUT2D eigenvalue weighted by Gasteiger charge is 2.10. The van der Waals surface area contributed by atoms with Gasteiger partial charge >= 0.3 is 0 Å². The van der Waals surface area contributed by atoms with Crippen LogP contribution in [0.25, 0.3) is 17.0 Å². The maximum Gasteiger partial charge on any atom is 0.169 e. The van der Waals surface area contributed by atoms with Crippen LogP contribution in [-0.2, 0) is 0 Å². The van der Waals surface area contributed by atoms with E-state index in [4.69, 9.17) is 11.6 Å². The average molecular weight is 356 g/mol. The number of rotatable bonds is 1. The lowest BCUT2D eigenvalue weighted by Crippen LogP contribution is -1.91. The second-order valence-corrected chi connectivity index (χ2v) is 5.21. The summed E-state index contributed by atoms with van der Waals surface area (Å²) in [5, 5.41) is 8.92. The first-order chi connectivity index (χ1) is 8.25. The number of hydrogen-bond donors (Lipinski definition) is 0. The zero-order chi connectivity index (χ0) is 11.8. The van der Waals surface area contributed by atoms with E-state index in [1.807, 2.05) is 40.8 Å². The molecule has 0 aliphatic carbocycles. The van der Waals surface area contributed by atoms with Crippen LogP contribution >= 0.6 is 34.2 Å². The number of benzene rings is 1. The standard InChI is InChI=1S/C12H7ClIN3/c13-10-5-2-6-11-15-16-12(17(10)11)8-3-1-4-9(14)7-8/h1-7H. The molecular formula is C12H7ClIN3. The Bertz CT molecular complexity index is 693. The quantitative estimate of drug-likeness (QED) is 0.493. The number of aromatic nitrogens is 3. The molecule has 0 radical (unpaired) electrons. The summed E-state index contributed by atoms with van der Waals surface area (Å²) in [4.78, 5) is 0. The molecule has 1 aromatic carbocycles. The first-order valence-corrected chi connectivity index (χ1v) is 6.47. The third-order valence-electron chi connectivity index (χ3n) is 2.46. The van der Waals surface area contributed by atoms with Gasteiger partial charge in [0.2, 0.25) is 0 Å². The van der Waals surface area contributed by atoms with Gasteiger partial charge in [-0.15, -0.1) is 10.2 Å². The van der Waals surface area contributed by atoms with E-state index in [1.54, 1.807) is 0 Å². The highest BCUT2D eigenvalue weighted by molar-refractivity contribution is 14.1. The van der Waals surface area contributed by atoms with Crippen molar-refractivity contribution in [2.24, 2.45) is 0 Å². The topological polar surface area (TPSA) is 30.2 Å². The summed E-state index contributed by atoms with van der Waals surface area (Å²) in [7, 11) is 0. The molecule has 2 aromatic heterocycles. The highest BCUT2D eigenvalue weighted by Crippen LogP contribution is 2.23. The number of halogens is 2. The molecule has 0 atom stereocenters. The van der Waals surface area contributed by atoms with Gasteiger partial charge in [-0.05, 0) is 46.9 Å². The van der Waals surface area contributed by atoms with Gasteiger partial charge in [-0.2, -0.15) is 0 Å². The zero-order valence-corrected chi connectivity index (χ0v) is 11.6. The Hall–Kier alpha value is -1.14. The molecule has 17 heavy (non-hydrogen) atoms. The minimum atomic E-state index is 0.612.